The van der Waals surface area contributed by atoms with Gasteiger partial charge in [0.05, 0.1) is 18.5 Å². The number of carbonyl (C=O) groups is 1. The average Bonchev–Trinajstić information content (AvgIpc) is 3.13. The van der Waals surface area contributed by atoms with Crippen LogP contribution in [0.25, 0.3) is 5.82 Å². The zero-order chi connectivity index (χ0) is 17.8. The van der Waals surface area contributed by atoms with Gasteiger partial charge in [-0.1, -0.05) is 0 Å². The molecule has 0 fully saturated rings. The Morgan fingerprint density at radius 1 is 1.28 bits per heavy atom. The lowest BCUT2D eigenvalue weighted by molar-refractivity contribution is 0.101. The molecule has 3 rings (SSSR count). The Labute approximate surface area is 142 Å². The number of aromatic nitrogens is 3. The minimum absolute atomic E-state index is 0.178. The number of rotatable bonds is 5. The van der Waals surface area contributed by atoms with E-state index >= 15 is 0 Å². The number of pyridine rings is 1. The minimum Gasteiger partial charge on any atom is -0.491 e. The molecule has 6 nitrogen and oxygen atoms in total. The third-order valence-electron chi connectivity index (χ3n) is 3.36. The largest absolute Gasteiger partial charge is 0.491 e. The first-order valence-corrected chi connectivity index (χ1v) is 7.46. The summed E-state index contributed by atoms with van der Waals surface area (Å²) in [5.74, 6) is -2.52. The Bertz CT molecular complexity index is 880. The van der Waals surface area contributed by atoms with Gasteiger partial charge in [0.25, 0.3) is 5.91 Å². The molecule has 0 aliphatic rings. The van der Waals surface area contributed by atoms with Gasteiger partial charge in [0, 0.05) is 12.4 Å². The third kappa shape index (κ3) is 3.47. The summed E-state index contributed by atoms with van der Waals surface area (Å²) in [5, 5.41) is 2.42. The van der Waals surface area contributed by atoms with Gasteiger partial charge in [0.2, 0.25) is 0 Å². The zero-order valence-corrected chi connectivity index (χ0v) is 13.2. The zero-order valence-electron chi connectivity index (χ0n) is 13.2. The molecular formula is C17H14F2N4O2. The van der Waals surface area contributed by atoms with Crippen LogP contribution in [0.15, 0.2) is 49.2 Å². The molecule has 1 amide bonds. The fourth-order valence-corrected chi connectivity index (χ4v) is 2.21. The highest BCUT2D eigenvalue weighted by molar-refractivity contribution is 6.04. The molecule has 0 aliphatic carbocycles. The van der Waals surface area contributed by atoms with Crippen LogP contribution < -0.4 is 10.1 Å². The highest BCUT2D eigenvalue weighted by Gasteiger charge is 2.21. The van der Waals surface area contributed by atoms with Crippen molar-refractivity contribution in [2.45, 2.75) is 6.92 Å². The highest BCUT2D eigenvalue weighted by atomic mass is 19.1. The topological polar surface area (TPSA) is 69.0 Å². The molecule has 2 heterocycles. The van der Waals surface area contributed by atoms with Gasteiger partial charge in [-0.15, -0.1) is 0 Å². The maximum absolute atomic E-state index is 14.3. The lowest BCUT2D eigenvalue weighted by Crippen LogP contribution is -2.17. The van der Waals surface area contributed by atoms with Crippen molar-refractivity contribution in [2.24, 2.45) is 0 Å². The standard InChI is InChI=1S/C17H14F2N4O2/c1-2-25-13-5-4-12(18)15(16(13)19)17(24)22-11-3-6-14(21-9-11)23-8-7-20-10-23/h3-10H,2H2,1H3,(H,22,24). The van der Waals surface area contributed by atoms with Crippen LogP contribution in [0.2, 0.25) is 0 Å². The Morgan fingerprint density at radius 3 is 2.76 bits per heavy atom. The second-order valence-electron chi connectivity index (χ2n) is 5.00. The number of hydrogen-bond acceptors (Lipinski definition) is 4. The first-order chi connectivity index (χ1) is 12.1. The van der Waals surface area contributed by atoms with E-state index in [9.17, 15) is 13.6 Å². The van der Waals surface area contributed by atoms with E-state index in [-0.39, 0.29) is 12.4 Å². The van der Waals surface area contributed by atoms with E-state index < -0.39 is 23.1 Å². The number of nitrogens with one attached hydrogen (secondary N) is 1. The summed E-state index contributed by atoms with van der Waals surface area (Å²) < 4.78 is 34.9. The van der Waals surface area contributed by atoms with E-state index in [1.54, 1.807) is 42.3 Å². The van der Waals surface area contributed by atoms with Crippen LogP contribution in [0.1, 0.15) is 17.3 Å². The lowest BCUT2D eigenvalue weighted by atomic mass is 10.1. The van der Waals surface area contributed by atoms with E-state index in [0.29, 0.717) is 11.5 Å². The van der Waals surface area contributed by atoms with Crippen molar-refractivity contribution in [1.29, 1.82) is 0 Å². The van der Waals surface area contributed by atoms with E-state index in [4.69, 9.17) is 4.74 Å². The molecule has 2 aromatic heterocycles. The molecule has 0 radical (unpaired) electrons. The number of hydrogen-bond donors (Lipinski definition) is 1. The molecule has 0 atom stereocenters. The number of imidazole rings is 1. The van der Waals surface area contributed by atoms with Gasteiger partial charge in [-0.05, 0) is 31.2 Å². The fraction of sp³-hybridized carbons (Fsp3) is 0.118. The molecular weight excluding hydrogens is 330 g/mol. The normalized spacial score (nSPS) is 10.5. The van der Waals surface area contributed by atoms with Crippen LogP contribution in [0.3, 0.4) is 0 Å². The van der Waals surface area contributed by atoms with Crippen LogP contribution in [-0.2, 0) is 0 Å². The van der Waals surface area contributed by atoms with Crippen molar-refractivity contribution in [3.63, 3.8) is 0 Å². The second kappa shape index (κ2) is 7.08. The Balaban J connectivity index is 1.82. The van der Waals surface area contributed by atoms with Crippen LogP contribution >= 0.6 is 0 Å². The van der Waals surface area contributed by atoms with Crippen molar-refractivity contribution in [3.05, 3.63) is 66.4 Å². The Hall–Kier alpha value is -3.29. The van der Waals surface area contributed by atoms with Gasteiger partial charge in [0.15, 0.2) is 11.6 Å². The van der Waals surface area contributed by atoms with Gasteiger partial charge >= 0.3 is 0 Å². The molecule has 0 aliphatic heterocycles. The van der Waals surface area contributed by atoms with Crippen molar-refractivity contribution >= 4 is 11.6 Å². The predicted octanol–water partition coefficient (Wildman–Crippen LogP) is 3.20. The summed E-state index contributed by atoms with van der Waals surface area (Å²) in [6.45, 7) is 1.86. The summed E-state index contributed by atoms with van der Waals surface area (Å²) in [6.07, 6.45) is 6.28. The molecule has 0 saturated heterocycles. The minimum atomic E-state index is -1.04. The first-order valence-electron chi connectivity index (χ1n) is 7.46. The van der Waals surface area contributed by atoms with E-state index in [1.807, 2.05) is 0 Å². The molecule has 25 heavy (non-hydrogen) atoms. The number of halogens is 2. The fourth-order valence-electron chi connectivity index (χ4n) is 2.21. The van der Waals surface area contributed by atoms with Crippen LogP contribution in [0.4, 0.5) is 14.5 Å². The van der Waals surface area contributed by atoms with Gasteiger partial charge in [-0.25, -0.2) is 18.7 Å². The summed E-state index contributed by atoms with van der Waals surface area (Å²) in [7, 11) is 0. The molecule has 0 saturated carbocycles. The quantitative estimate of drug-likeness (QED) is 0.772. The number of carbonyl (C=O) groups excluding carboxylic acids is 1. The van der Waals surface area contributed by atoms with Gasteiger partial charge in [-0.2, -0.15) is 0 Å². The molecule has 0 unspecified atom stereocenters. The molecule has 0 spiro atoms. The summed E-state index contributed by atoms with van der Waals surface area (Å²) >= 11 is 0. The smallest absolute Gasteiger partial charge is 0.261 e. The van der Waals surface area contributed by atoms with E-state index in [2.05, 4.69) is 15.3 Å². The second-order valence-corrected chi connectivity index (χ2v) is 5.00. The number of anilines is 1. The van der Waals surface area contributed by atoms with E-state index in [1.165, 1.54) is 6.20 Å². The maximum atomic E-state index is 14.3. The summed E-state index contributed by atoms with van der Waals surface area (Å²) in [4.78, 5) is 20.3. The van der Waals surface area contributed by atoms with Gasteiger partial charge in [0.1, 0.15) is 23.5 Å². The molecule has 1 aromatic carbocycles. The van der Waals surface area contributed by atoms with Gasteiger partial charge < -0.3 is 10.1 Å². The van der Waals surface area contributed by atoms with Crippen LogP contribution in [0, 0.1) is 11.6 Å². The van der Waals surface area contributed by atoms with Gasteiger partial charge in [-0.3, -0.25) is 9.36 Å². The van der Waals surface area contributed by atoms with Crippen molar-refractivity contribution in [3.8, 4) is 11.6 Å². The summed E-state index contributed by atoms with van der Waals surface area (Å²) in [5.41, 5.74) is -0.404. The van der Waals surface area contributed by atoms with Crippen LogP contribution in [-0.4, -0.2) is 27.0 Å². The first kappa shape index (κ1) is 16.6. The molecule has 3 aromatic rings. The maximum Gasteiger partial charge on any atom is 0.261 e. The third-order valence-corrected chi connectivity index (χ3v) is 3.36. The molecule has 128 valence electrons. The monoisotopic (exact) mass is 344 g/mol. The van der Waals surface area contributed by atoms with Crippen molar-refractivity contribution in [1.82, 2.24) is 14.5 Å². The molecule has 1 N–H and O–H groups in total. The highest BCUT2D eigenvalue weighted by Crippen LogP contribution is 2.24. The molecule has 8 heteroatoms. The number of nitrogens with zero attached hydrogens (tertiary/aromatic N) is 3. The lowest BCUT2D eigenvalue weighted by Gasteiger charge is -2.11. The number of ether oxygens (including phenoxy) is 1. The van der Waals surface area contributed by atoms with Crippen molar-refractivity contribution in [2.75, 3.05) is 11.9 Å². The van der Waals surface area contributed by atoms with E-state index in [0.717, 1.165) is 12.1 Å². The molecule has 0 bridgehead atoms. The Kier molecular flexibility index (Phi) is 4.69. The number of amides is 1. The Morgan fingerprint density at radius 2 is 2.12 bits per heavy atom. The predicted molar refractivity (Wildman–Crippen MR) is 86.8 cm³/mol. The number of benzene rings is 1. The van der Waals surface area contributed by atoms with Crippen molar-refractivity contribution < 1.29 is 18.3 Å². The van der Waals surface area contributed by atoms with Crippen LogP contribution in [0.5, 0.6) is 5.75 Å². The summed E-state index contributed by atoms with van der Waals surface area (Å²) in [6, 6.07) is 5.35. The SMILES string of the molecule is CCOc1ccc(F)c(C(=O)Nc2ccc(-n3ccnc3)nc2)c1F. The average molecular weight is 344 g/mol.